The Bertz CT molecular complexity index is 487. The van der Waals surface area contributed by atoms with Gasteiger partial charge in [-0.05, 0) is 31.2 Å². The lowest BCUT2D eigenvalue weighted by atomic mass is 10.3. The molecule has 1 saturated heterocycles. The molecule has 0 unspecified atom stereocenters. The van der Waals surface area contributed by atoms with Crippen molar-refractivity contribution >= 4 is 11.7 Å². The van der Waals surface area contributed by atoms with E-state index in [1.165, 1.54) is 19.2 Å². The maximum atomic E-state index is 12.9. The SMILES string of the molecule is CCOC(=O)[C@@H]1[C@H](C(F)(F)F)N1c1ccc(OC)cc1. The molecule has 0 radical (unpaired) electrons. The predicted octanol–water partition coefficient (Wildman–Crippen LogP) is 2.38. The van der Waals surface area contributed by atoms with Gasteiger partial charge in [0, 0.05) is 5.69 Å². The number of esters is 1. The number of rotatable bonds is 4. The van der Waals surface area contributed by atoms with Crippen molar-refractivity contribution in [1.82, 2.24) is 0 Å². The Morgan fingerprint density at radius 3 is 2.35 bits per heavy atom. The van der Waals surface area contributed by atoms with Crippen molar-refractivity contribution in [2.24, 2.45) is 0 Å². The van der Waals surface area contributed by atoms with E-state index in [0.29, 0.717) is 11.4 Å². The number of benzene rings is 1. The molecule has 1 aromatic carbocycles. The van der Waals surface area contributed by atoms with E-state index in [9.17, 15) is 18.0 Å². The first-order chi connectivity index (χ1) is 9.40. The number of alkyl halides is 3. The van der Waals surface area contributed by atoms with Crippen LogP contribution in [0.3, 0.4) is 0 Å². The minimum absolute atomic E-state index is 0.0519. The largest absolute Gasteiger partial charge is 0.497 e. The van der Waals surface area contributed by atoms with Gasteiger partial charge in [-0.3, -0.25) is 0 Å². The van der Waals surface area contributed by atoms with Gasteiger partial charge in [0.05, 0.1) is 13.7 Å². The number of carbonyl (C=O) groups excluding carboxylic acids is 1. The first-order valence-corrected chi connectivity index (χ1v) is 6.06. The molecule has 0 aromatic heterocycles. The van der Waals surface area contributed by atoms with E-state index in [0.717, 1.165) is 4.90 Å². The Morgan fingerprint density at radius 1 is 1.30 bits per heavy atom. The van der Waals surface area contributed by atoms with E-state index in [1.54, 1.807) is 19.1 Å². The van der Waals surface area contributed by atoms with Gasteiger partial charge in [0.25, 0.3) is 0 Å². The molecule has 0 amide bonds. The second-order valence-electron chi connectivity index (χ2n) is 4.29. The Hall–Kier alpha value is -1.92. The highest BCUT2D eigenvalue weighted by atomic mass is 19.4. The van der Waals surface area contributed by atoms with Crippen LogP contribution in [0.15, 0.2) is 24.3 Å². The van der Waals surface area contributed by atoms with Crippen LogP contribution in [-0.2, 0) is 9.53 Å². The summed E-state index contributed by atoms with van der Waals surface area (Å²) in [6, 6.07) is 2.93. The van der Waals surface area contributed by atoms with Crippen molar-refractivity contribution in [2.75, 3.05) is 18.6 Å². The molecule has 0 spiro atoms. The molecule has 0 aliphatic carbocycles. The lowest BCUT2D eigenvalue weighted by molar-refractivity contribution is -0.149. The van der Waals surface area contributed by atoms with Crippen molar-refractivity contribution in [1.29, 1.82) is 0 Å². The smallest absolute Gasteiger partial charge is 0.411 e. The Labute approximate surface area is 114 Å². The number of hydrogen-bond donors (Lipinski definition) is 0. The topological polar surface area (TPSA) is 38.5 Å². The first kappa shape index (κ1) is 14.5. The highest BCUT2D eigenvalue weighted by Gasteiger charge is 2.67. The van der Waals surface area contributed by atoms with Crippen LogP contribution < -0.4 is 9.64 Å². The summed E-state index contributed by atoms with van der Waals surface area (Å²) in [6.07, 6.45) is -4.47. The summed E-state index contributed by atoms with van der Waals surface area (Å²) in [4.78, 5) is 12.6. The molecule has 20 heavy (non-hydrogen) atoms. The Balaban J connectivity index is 2.21. The van der Waals surface area contributed by atoms with Crippen molar-refractivity contribution in [2.45, 2.75) is 25.2 Å². The minimum atomic E-state index is -4.47. The molecule has 0 N–H and O–H groups in total. The van der Waals surface area contributed by atoms with Gasteiger partial charge >= 0.3 is 12.1 Å². The third kappa shape index (κ3) is 2.66. The van der Waals surface area contributed by atoms with E-state index >= 15 is 0 Å². The van der Waals surface area contributed by atoms with Gasteiger partial charge in [-0.2, -0.15) is 13.2 Å². The van der Waals surface area contributed by atoms with Crippen LogP contribution in [0, 0.1) is 0 Å². The number of hydrogen-bond acceptors (Lipinski definition) is 4. The van der Waals surface area contributed by atoms with Gasteiger partial charge < -0.3 is 14.4 Å². The minimum Gasteiger partial charge on any atom is -0.497 e. The van der Waals surface area contributed by atoms with Crippen LogP contribution in [0.25, 0.3) is 0 Å². The molecule has 2 rings (SSSR count). The number of halogens is 3. The highest BCUT2D eigenvalue weighted by Crippen LogP contribution is 2.45. The number of methoxy groups -OCH3 is 1. The summed E-state index contributed by atoms with van der Waals surface area (Å²) in [7, 11) is 1.46. The predicted molar refractivity (Wildman–Crippen MR) is 65.7 cm³/mol. The zero-order chi connectivity index (χ0) is 14.9. The van der Waals surface area contributed by atoms with E-state index < -0.39 is 24.2 Å². The lowest BCUT2D eigenvalue weighted by Crippen LogP contribution is -2.24. The normalized spacial score (nSPS) is 21.6. The number of anilines is 1. The molecular weight excluding hydrogens is 275 g/mol. The number of nitrogens with zero attached hydrogens (tertiary/aromatic N) is 1. The maximum absolute atomic E-state index is 12.9. The van der Waals surface area contributed by atoms with Crippen molar-refractivity contribution in [3.05, 3.63) is 24.3 Å². The van der Waals surface area contributed by atoms with Gasteiger partial charge in [0.2, 0.25) is 0 Å². The summed E-state index contributed by atoms with van der Waals surface area (Å²) >= 11 is 0. The maximum Gasteiger partial charge on any atom is 0.411 e. The summed E-state index contributed by atoms with van der Waals surface area (Å²) < 4.78 is 48.3. The van der Waals surface area contributed by atoms with Crippen molar-refractivity contribution in [3.63, 3.8) is 0 Å². The molecule has 1 heterocycles. The van der Waals surface area contributed by atoms with Crippen LogP contribution in [-0.4, -0.2) is 37.9 Å². The van der Waals surface area contributed by atoms with Gasteiger partial charge in [0.1, 0.15) is 5.75 Å². The van der Waals surface area contributed by atoms with Crippen LogP contribution >= 0.6 is 0 Å². The van der Waals surface area contributed by atoms with Gasteiger partial charge in [-0.25, -0.2) is 4.79 Å². The molecule has 1 aliphatic rings. The second kappa shape index (κ2) is 5.22. The van der Waals surface area contributed by atoms with E-state index in [-0.39, 0.29) is 6.61 Å². The van der Waals surface area contributed by atoms with E-state index in [1.807, 2.05) is 0 Å². The molecular formula is C13H14F3NO3. The van der Waals surface area contributed by atoms with Crippen LogP contribution in [0.1, 0.15) is 6.92 Å². The summed E-state index contributed by atoms with van der Waals surface area (Å²) in [6.45, 7) is 1.61. The average Bonchev–Trinajstić information content (AvgIpc) is 3.14. The zero-order valence-corrected chi connectivity index (χ0v) is 11.0. The average molecular weight is 289 g/mol. The quantitative estimate of drug-likeness (QED) is 0.630. The van der Waals surface area contributed by atoms with Gasteiger partial charge in [-0.1, -0.05) is 0 Å². The third-order valence-electron chi connectivity index (χ3n) is 3.04. The van der Waals surface area contributed by atoms with E-state index in [2.05, 4.69) is 4.74 Å². The standard InChI is InChI=1S/C13H14F3NO3/c1-3-20-12(18)10-11(13(14,15)16)17(10)8-4-6-9(19-2)7-5-8/h4-7,10-11H,3H2,1-2H3/t10-,11+,17?/m0/s1. The summed E-state index contributed by atoms with van der Waals surface area (Å²) in [5.41, 5.74) is 0.311. The monoisotopic (exact) mass is 289 g/mol. The molecule has 4 nitrogen and oxygen atoms in total. The first-order valence-electron chi connectivity index (χ1n) is 6.06. The second-order valence-corrected chi connectivity index (χ2v) is 4.29. The van der Waals surface area contributed by atoms with Crippen LogP contribution in [0.2, 0.25) is 0 Å². The fourth-order valence-electron chi connectivity index (χ4n) is 2.11. The van der Waals surface area contributed by atoms with E-state index in [4.69, 9.17) is 4.74 Å². The molecule has 1 aliphatic heterocycles. The number of ether oxygens (including phenoxy) is 2. The Morgan fingerprint density at radius 2 is 1.90 bits per heavy atom. The number of carbonyl (C=O) groups is 1. The Kier molecular flexibility index (Phi) is 3.78. The van der Waals surface area contributed by atoms with Gasteiger partial charge in [0.15, 0.2) is 12.1 Å². The fourth-order valence-corrected chi connectivity index (χ4v) is 2.11. The molecule has 0 bridgehead atoms. The molecule has 1 fully saturated rings. The highest BCUT2D eigenvalue weighted by molar-refractivity contribution is 5.88. The fraction of sp³-hybridized carbons (Fsp3) is 0.462. The summed E-state index contributed by atoms with van der Waals surface area (Å²) in [5.74, 6) is -0.322. The van der Waals surface area contributed by atoms with Crippen molar-refractivity contribution < 1.29 is 27.4 Å². The third-order valence-corrected chi connectivity index (χ3v) is 3.04. The van der Waals surface area contributed by atoms with Crippen LogP contribution in [0.5, 0.6) is 5.75 Å². The van der Waals surface area contributed by atoms with Crippen molar-refractivity contribution in [3.8, 4) is 5.75 Å². The molecule has 7 heteroatoms. The van der Waals surface area contributed by atoms with Crippen LogP contribution in [0.4, 0.5) is 18.9 Å². The summed E-state index contributed by atoms with van der Waals surface area (Å²) in [5, 5.41) is 0. The zero-order valence-electron chi connectivity index (χ0n) is 11.0. The molecule has 2 atom stereocenters. The molecule has 110 valence electrons. The van der Waals surface area contributed by atoms with Gasteiger partial charge in [-0.15, -0.1) is 0 Å². The lowest BCUT2D eigenvalue weighted by Gasteiger charge is -2.08. The molecule has 0 saturated carbocycles. The molecule has 1 aromatic rings.